The molecule has 0 spiro atoms. The van der Waals surface area contributed by atoms with E-state index in [1.54, 1.807) is 6.92 Å². The monoisotopic (exact) mass is 222 g/mol. The highest BCUT2D eigenvalue weighted by molar-refractivity contribution is 5.95. The maximum absolute atomic E-state index is 11.6. The van der Waals surface area contributed by atoms with Gasteiger partial charge in [-0.1, -0.05) is 0 Å². The lowest BCUT2D eigenvalue weighted by Gasteiger charge is -2.12. The number of carbonyl (C=O) groups excluding carboxylic acids is 2. The molecule has 0 radical (unpaired) electrons. The van der Waals surface area contributed by atoms with Crippen LogP contribution in [0.15, 0.2) is 18.6 Å². The van der Waals surface area contributed by atoms with Gasteiger partial charge in [0.15, 0.2) is 0 Å². The first-order valence-corrected chi connectivity index (χ1v) is 4.99. The van der Waals surface area contributed by atoms with Gasteiger partial charge in [-0.15, -0.1) is 0 Å². The molecule has 16 heavy (non-hydrogen) atoms. The fourth-order valence-electron chi connectivity index (χ4n) is 1.08. The molecule has 0 fully saturated rings. The van der Waals surface area contributed by atoms with E-state index in [9.17, 15) is 9.59 Å². The topological polar surface area (TPSA) is 84.0 Å². The summed E-state index contributed by atoms with van der Waals surface area (Å²) in [5.74, 6) is -0.633. The molecule has 1 atom stereocenters. The first-order valence-electron chi connectivity index (χ1n) is 4.99. The Morgan fingerprint density at radius 2 is 2.19 bits per heavy atom. The van der Waals surface area contributed by atoms with E-state index in [1.807, 2.05) is 6.92 Å². The lowest BCUT2D eigenvalue weighted by Crippen LogP contribution is -2.44. The van der Waals surface area contributed by atoms with Gasteiger partial charge in [-0.2, -0.15) is 0 Å². The second kappa shape index (κ2) is 5.79. The predicted molar refractivity (Wildman–Crippen MR) is 57.6 cm³/mol. The van der Waals surface area contributed by atoms with Crippen LogP contribution in [-0.2, 0) is 4.79 Å². The Balaban J connectivity index is 2.55. The van der Waals surface area contributed by atoms with Crippen molar-refractivity contribution in [2.24, 2.45) is 0 Å². The first-order chi connectivity index (χ1) is 7.65. The van der Waals surface area contributed by atoms with Crippen molar-refractivity contribution in [3.8, 4) is 0 Å². The quantitative estimate of drug-likeness (QED) is 0.734. The molecule has 86 valence electrons. The molecule has 2 amide bonds. The zero-order chi connectivity index (χ0) is 12.0. The predicted octanol–water partition coefficient (Wildman–Crippen LogP) is -0.269. The summed E-state index contributed by atoms with van der Waals surface area (Å²) in [6.07, 6.45) is 4.25. The van der Waals surface area contributed by atoms with Crippen LogP contribution < -0.4 is 10.6 Å². The van der Waals surface area contributed by atoms with Crippen LogP contribution in [0.4, 0.5) is 0 Å². The number of amides is 2. The third-order valence-electron chi connectivity index (χ3n) is 1.89. The van der Waals surface area contributed by atoms with Crippen molar-refractivity contribution in [3.05, 3.63) is 24.3 Å². The molecule has 0 aliphatic rings. The van der Waals surface area contributed by atoms with Crippen molar-refractivity contribution in [3.63, 3.8) is 0 Å². The van der Waals surface area contributed by atoms with Gasteiger partial charge in [-0.3, -0.25) is 14.6 Å². The molecule has 1 aromatic rings. The van der Waals surface area contributed by atoms with E-state index in [0.717, 1.165) is 0 Å². The fraction of sp³-hybridized carbons (Fsp3) is 0.400. The molecule has 6 heteroatoms. The molecule has 0 aliphatic heterocycles. The summed E-state index contributed by atoms with van der Waals surface area (Å²) in [6.45, 7) is 3.96. The summed E-state index contributed by atoms with van der Waals surface area (Å²) in [4.78, 5) is 30.5. The summed E-state index contributed by atoms with van der Waals surface area (Å²) < 4.78 is 0. The minimum absolute atomic E-state index is 0.193. The van der Waals surface area contributed by atoms with Gasteiger partial charge in [-0.25, -0.2) is 4.98 Å². The third-order valence-corrected chi connectivity index (χ3v) is 1.89. The summed E-state index contributed by atoms with van der Waals surface area (Å²) in [7, 11) is 0. The van der Waals surface area contributed by atoms with E-state index in [4.69, 9.17) is 0 Å². The van der Waals surface area contributed by atoms with Gasteiger partial charge in [-0.05, 0) is 13.8 Å². The van der Waals surface area contributed by atoms with Crippen LogP contribution in [0, 0.1) is 0 Å². The van der Waals surface area contributed by atoms with Crippen molar-refractivity contribution >= 4 is 11.8 Å². The zero-order valence-electron chi connectivity index (χ0n) is 9.23. The lowest BCUT2D eigenvalue weighted by molar-refractivity contribution is -0.122. The van der Waals surface area contributed by atoms with Crippen LogP contribution in [0.3, 0.4) is 0 Å². The Hall–Kier alpha value is -1.98. The van der Waals surface area contributed by atoms with Crippen LogP contribution in [0.1, 0.15) is 24.3 Å². The van der Waals surface area contributed by atoms with Gasteiger partial charge in [0.05, 0.1) is 6.20 Å². The molecular weight excluding hydrogens is 208 g/mol. The van der Waals surface area contributed by atoms with Crippen molar-refractivity contribution in [1.82, 2.24) is 20.6 Å². The smallest absolute Gasteiger partial charge is 0.272 e. The van der Waals surface area contributed by atoms with Crippen molar-refractivity contribution in [1.29, 1.82) is 0 Å². The number of aromatic nitrogens is 2. The van der Waals surface area contributed by atoms with E-state index in [-0.39, 0.29) is 11.6 Å². The summed E-state index contributed by atoms with van der Waals surface area (Å²) >= 11 is 0. The number of nitrogens with zero attached hydrogens (tertiary/aromatic N) is 2. The Morgan fingerprint density at radius 1 is 1.44 bits per heavy atom. The van der Waals surface area contributed by atoms with Gasteiger partial charge in [0, 0.05) is 18.9 Å². The minimum Gasteiger partial charge on any atom is -0.355 e. The fourth-order valence-corrected chi connectivity index (χ4v) is 1.08. The Bertz CT molecular complexity index is 366. The van der Waals surface area contributed by atoms with Gasteiger partial charge < -0.3 is 10.6 Å². The molecular formula is C10H14N4O2. The molecule has 2 N–H and O–H groups in total. The molecule has 1 heterocycles. The molecule has 1 rings (SSSR count). The van der Waals surface area contributed by atoms with Crippen LogP contribution in [-0.4, -0.2) is 34.4 Å². The Morgan fingerprint density at radius 3 is 2.75 bits per heavy atom. The molecule has 1 aromatic heterocycles. The zero-order valence-corrected chi connectivity index (χ0v) is 9.23. The molecule has 1 unspecified atom stereocenters. The number of likely N-dealkylation sites (N-methyl/N-ethyl adjacent to an activating group) is 1. The molecule has 0 aromatic carbocycles. The highest BCUT2D eigenvalue weighted by atomic mass is 16.2. The van der Waals surface area contributed by atoms with Crippen molar-refractivity contribution in [2.45, 2.75) is 19.9 Å². The minimum atomic E-state index is -0.588. The lowest BCUT2D eigenvalue weighted by atomic mass is 10.3. The third kappa shape index (κ3) is 3.30. The van der Waals surface area contributed by atoms with E-state index >= 15 is 0 Å². The van der Waals surface area contributed by atoms with Gasteiger partial charge in [0.1, 0.15) is 11.7 Å². The second-order valence-corrected chi connectivity index (χ2v) is 3.18. The van der Waals surface area contributed by atoms with Crippen molar-refractivity contribution in [2.75, 3.05) is 6.54 Å². The van der Waals surface area contributed by atoms with Crippen LogP contribution >= 0.6 is 0 Å². The van der Waals surface area contributed by atoms with Gasteiger partial charge in [0.25, 0.3) is 5.91 Å². The van der Waals surface area contributed by atoms with Crippen molar-refractivity contribution < 1.29 is 9.59 Å². The van der Waals surface area contributed by atoms with Gasteiger partial charge in [0.2, 0.25) is 5.91 Å². The summed E-state index contributed by atoms with van der Waals surface area (Å²) in [5, 5.41) is 5.14. The van der Waals surface area contributed by atoms with Crippen LogP contribution in [0.25, 0.3) is 0 Å². The SMILES string of the molecule is CCNC(=O)C(C)NC(=O)c1cnccn1. The van der Waals surface area contributed by atoms with E-state index in [2.05, 4.69) is 20.6 Å². The number of nitrogens with one attached hydrogen (secondary N) is 2. The van der Waals surface area contributed by atoms with Gasteiger partial charge >= 0.3 is 0 Å². The molecule has 0 bridgehead atoms. The Kier molecular flexibility index (Phi) is 4.38. The second-order valence-electron chi connectivity index (χ2n) is 3.18. The van der Waals surface area contributed by atoms with E-state index < -0.39 is 11.9 Å². The highest BCUT2D eigenvalue weighted by Gasteiger charge is 2.16. The maximum atomic E-state index is 11.6. The molecule has 0 saturated carbocycles. The van der Waals surface area contributed by atoms with E-state index in [1.165, 1.54) is 18.6 Å². The average Bonchev–Trinajstić information content (AvgIpc) is 2.30. The standard InChI is InChI=1S/C10H14N4O2/c1-3-12-9(15)7(2)14-10(16)8-6-11-4-5-13-8/h4-7H,3H2,1-2H3,(H,12,15)(H,14,16). The van der Waals surface area contributed by atoms with Crippen LogP contribution in [0.5, 0.6) is 0 Å². The van der Waals surface area contributed by atoms with Crippen LogP contribution in [0.2, 0.25) is 0 Å². The number of hydrogen-bond donors (Lipinski definition) is 2. The molecule has 0 saturated heterocycles. The highest BCUT2D eigenvalue weighted by Crippen LogP contribution is 1.92. The molecule has 6 nitrogen and oxygen atoms in total. The summed E-state index contributed by atoms with van der Waals surface area (Å²) in [5.41, 5.74) is 0.193. The molecule has 0 aliphatic carbocycles. The number of hydrogen-bond acceptors (Lipinski definition) is 4. The maximum Gasteiger partial charge on any atom is 0.272 e. The normalized spacial score (nSPS) is 11.6. The number of rotatable bonds is 4. The number of carbonyl (C=O) groups is 2. The average molecular weight is 222 g/mol. The first kappa shape index (κ1) is 12.1. The summed E-state index contributed by atoms with van der Waals surface area (Å²) in [6, 6.07) is -0.588. The largest absolute Gasteiger partial charge is 0.355 e. The van der Waals surface area contributed by atoms with E-state index in [0.29, 0.717) is 6.54 Å². The Labute approximate surface area is 93.5 Å².